The molecule has 0 aliphatic heterocycles. The summed E-state index contributed by atoms with van der Waals surface area (Å²) in [6.45, 7) is 0.214. The molecule has 2 aromatic carbocycles. The zero-order valence-electron chi connectivity index (χ0n) is 10.3. The summed E-state index contributed by atoms with van der Waals surface area (Å²) in [7, 11) is 0. The molecule has 0 aromatic heterocycles. The predicted octanol–water partition coefficient (Wildman–Crippen LogP) is 2.26. The highest BCUT2D eigenvalue weighted by atomic mass is 19.1. The molecule has 0 aliphatic rings. The quantitative estimate of drug-likeness (QED) is 0.342. The van der Waals surface area contributed by atoms with Gasteiger partial charge in [0.1, 0.15) is 5.82 Å². The van der Waals surface area contributed by atoms with E-state index in [9.17, 15) is 4.39 Å². The van der Waals surface area contributed by atoms with E-state index in [1.165, 1.54) is 6.07 Å². The van der Waals surface area contributed by atoms with E-state index in [0.29, 0.717) is 11.5 Å². The van der Waals surface area contributed by atoms with Crippen LogP contribution in [0, 0.1) is 5.82 Å². The Balaban J connectivity index is 2.06. The molecule has 0 radical (unpaired) electrons. The van der Waals surface area contributed by atoms with E-state index in [1.54, 1.807) is 18.2 Å². The van der Waals surface area contributed by atoms with Gasteiger partial charge in [-0.3, -0.25) is 5.43 Å². The number of benzene rings is 2. The first-order valence-electron chi connectivity index (χ1n) is 5.86. The largest absolute Gasteiger partial charge is 0.325 e. The number of nitrogens with two attached hydrogens (primary N) is 1. The molecule has 2 aromatic rings. The summed E-state index contributed by atoms with van der Waals surface area (Å²) >= 11 is 0. The highest BCUT2D eigenvalue weighted by Gasteiger charge is 2.01. The first kappa shape index (κ1) is 13.0. The molecular formula is C14H15FN4. The first-order valence-corrected chi connectivity index (χ1v) is 5.86. The summed E-state index contributed by atoms with van der Waals surface area (Å²) < 4.78 is 13.4. The molecule has 0 heterocycles. The molecule has 0 spiro atoms. The van der Waals surface area contributed by atoms with Crippen LogP contribution in [0.25, 0.3) is 0 Å². The molecule has 0 unspecified atom stereocenters. The number of anilines is 1. The fourth-order valence-electron chi connectivity index (χ4n) is 1.57. The third-order valence-electron chi connectivity index (χ3n) is 2.54. The van der Waals surface area contributed by atoms with Gasteiger partial charge >= 0.3 is 0 Å². The van der Waals surface area contributed by atoms with Crippen molar-refractivity contribution in [3.05, 3.63) is 66.0 Å². The molecule has 5 heteroatoms. The van der Waals surface area contributed by atoms with Gasteiger partial charge in [0.25, 0.3) is 0 Å². The molecule has 0 fully saturated rings. The van der Waals surface area contributed by atoms with Crippen LogP contribution in [-0.4, -0.2) is 5.96 Å². The molecular weight excluding hydrogens is 243 g/mol. The summed E-state index contributed by atoms with van der Waals surface area (Å²) in [6, 6.07) is 16.0. The number of halogens is 1. The summed E-state index contributed by atoms with van der Waals surface area (Å²) in [4.78, 5) is 4.20. The van der Waals surface area contributed by atoms with Crippen molar-refractivity contribution in [2.75, 3.05) is 5.32 Å². The molecule has 0 amide bonds. The van der Waals surface area contributed by atoms with Crippen LogP contribution < -0.4 is 16.6 Å². The summed E-state index contributed by atoms with van der Waals surface area (Å²) in [5.74, 6) is 5.49. The van der Waals surface area contributed by atoms with E-state index in [-0.39, 0.29) is 12.4 Å². The van der Waals surface area contributed by atoms with Crippen LogP contribution in [0.2, 0.25) is 0 Å². The second kappa shape index (κ2) is 6.51. The zero-order chi connectivity index (χ0) is 13.5. The van der Waals surface area contributed by atoms with Gasteiger partial charge in [0, 0.05) is 11.3 Å². The molecule has 4 nitrogen and oxygen atoms in total. The number of nitrogens with zero attached hydrogens (tertiary/aromatic N) is 1. The van der Waals surface area contributed by atoms with Gasteiger partial charge in [0.05, 0.1) is 6.54 Å². The molecule has 0 atom stereocenters. The van der Waals surface area contributed by atoms with Gasteiger partial charge in [-0.2, -0.15) is 0 Å². The Morgan fingerprint density at radius 1 is 1.05 bits per heavy atom. The van der Waals surface area contributed by atoms with Crippen molar-refractivity contribution in [1.82, 2.24) is 5.43 Å². The van der Waals surface area contributed by atoms with E-state index in [1.807, 2.05) is 30.3 Å². The van der Waals surface area contributed by atoms with E-state index in [0.717, 1.165) is 5.69 Å². The number of hydrogen-bond donors (Lipinski definition) is 3. The molecule has 0 saturated carbocycles. The molecule has 98 valence electrons. The van der Waals surface area contributed by atoms with Crippen molar-refractivity contribution in [1.29, 1.82) is 0 Å². The number of rotatable bonds is 3. The standard InChI is InChI=1S/C14H15FN4/c15-13-9-5-4-6-11(13)10-17-14(19-16)18-12-7-2-1-3-8-12/h1-9H,10,16H2,(H2,17,18,19). The summed E-state index contributed by atoms with van der Waals surface area (Å²) in [5, 5.41) is 3.01. The third-order valence-corrected chi connectivity index (χ3v) is 2.54. The maximum Gasteiger partial charge on any atom is 0.210 e. The normalized spacial score (nSPS) is 11.2. The highest BCUT2D eigenvalue weighted by Crippen LogP contribution is 2.08. The fourth-order valence-corrected chi connectivity index (χ4v) is 1.57. The fraction of sp³-hybridized carbons (Fsp3) is 0.0714. The van der Waals surface area contributed by atoms with E-state index in [4.69, 9.17) is 5.84 Å². The minimum absolute atomic E-state index is 0.214. The maximum atomic E-state index is 13.4. The highest BCUT2D eigenvalue weighted by molar-refractivity contribution is 5.93. The minimum atomic E-state index is -0.276. The van der Waals surface area contributed by atoms with Gasteiger partial charge in [-0.1, -0.05) is 36.4 Å². The van der Waals surface area contributed by atoms with Gasteiger partial charge < -0.3 is 5.32 Å². The van der Waals surface area contributed by atoms with Crippen molar-refractivity contribution in [3.8, 4) is 0 Å². The van der Waals surface area contributed by atoms with Crippen LogP contribution in [0.3, 0.4) is 0 Å². The minimum Gasteiger partial charge on any atom is -0.325 e. The lowest BCUT2D eigenvalue weighted by Crippen LogP contribution is -2.36. The van der Waals surface area contributed by atoms with Crippen molar-refractivity contribution in [2.24, 2.45) is 10.8 Å². The van der Waals surface area contributed by atoms with E-state index < -0.39 is 0 Å². The summed E-state index contributed by atoms with van der Waals surface area (Å²) in [6.07, 6.45) is 0. The van der Waals surface area contributed by atoms with Gasteiger partial charge in [0.15, 0.2) is 0 Å². The molecule has 2 rings (SSSR count). The average molecular weight is 258 g/mol. The van der Waals surface area contributed by atoms with Crippen molar-refractivity contribution < 1.29 is 4.39 Å². The Kier molecular flexibility index (Phi) is 4.47. The zero-order valence-corrected chi connectivity index (χ0v) is 10.3. The maximum absolute atomic E-state index is 13.4. The van der Waals surface area contributed by atoms with Crippen LogP contribution in [0.1, 0.15) is 5.56 Å². The lowest BCUT2D eigenvalue weighted by Gasteiger charge is -2.09. The lowest BCUT2D eigenvalue weighted by molar-refractivity contribution is 0.610. The number of aliphatic imine (C=N–C) groups is 1. The Hall–Kier alpha value is -2.40. The Morgan fingerprint density at radius 3 is 2.42 bits per heavy atom. The number of para-hydroxylation sites is 1. The van der Waals surface area contributed by atoms with E-state index in [2.05, 4.69) is 15.7 Å². The number of hydrazine groups is 1. The van der Waals surface area contributed by atoms with Gasteiger partial charge in [-0.25, -0.2) is 15.2 Å². The van der Waals surface area contributed by atoms with Crippen LogP contribution in [0.4, 0.5) is 10.1 Å². The number of nitrogens with one attached hydrogen (secondary N) is 2. The molecule has 19 heavy (non-hydrogen) atoms. The lowest BCUT2D eigenvalue weighted by atomic mass is 10.2. The van der Waals surface area contributed by atoms with E-state index >= 15 is 0 Å². The van der Waals surface area contributed by atoms with Gasteiger partial charge in [-0.05, 0) is 18.2 Å². The second-order valence-corrected chi connectivity index (χ2v) is 3.89. The SMILES string of the molecule is NNC(=NCc1ccccc1F)Nc1ccccc1. The van der Waals surface area contributed by atoms with Crippen LogP contribution in [0.5, 0.6) is 0 Å². The third kappa shape index (κ3) is 3.79. The number of hydrogen-bond acceptors (Lipinski definition) is 2. The predicted molar refractivity (Wildman–Crippen MR) is 74.9 cm³/mol. The Bertz CT molecular complexity index is 554. The van der Waals surface area contributed by atoms with Crippen LogP contribution >= 0.6 is 0 Å². The Morgan fingerprint density at radius 2 is 1.74 bits per heavy atom. The first-order chi connectivity index (χ1) is 9.29. The summed E-state index contributed by atoms with van der Waals surface area (Å²) in [5.41, 5.74) is 3.83. The van der Waals surface area contributed by atoms with Crippen molar-refractivity contribution in [2.45, 2.75) is 6.54 Å². The monoisotopic (exact) mass is 258 g/mol. The van der Waals surface area contributed by atoms with Gasteiger partial charge in [-0.15, -0.1) is 0 Å². The Labute approximate surface area is 111 Å². The van der Waals surface area contributed by atoms with Crippen LogP contribution in [-0.2, 0) is 6.54 Å². The molecule has 0 aliphatic carbocycles. The molecule has 4 N–H and O–H groups in total. The second-order valence-electron chi connectivity index (χ2n) is 3.89. The van der Waals surface area contributed by atoms with Gasteiger partial charge in [0.2, 0.25) is 5.96 Å². The van der Waals surface area contributed by atoms with Crippen molar-refractivity contribution in [3.63, 3.8) is 0 Å². The smallest absolute Gasteiger partial charge is 0.210 e. The molecule has 0 bridgehead atoms. The topological polar surface area (TPSA) is 62.4 Å². The average Bonchev–Trinajstić information content (AvgIpc) is 2.46. The molecule has 0 saturated heterocycles. The van der Waals surface area contributed by atoms with Crippen LogP contribution in [0.15, 0.2) is 59.6 Å². The van der Waals surface area contributed by atoms with Crippen molar-refractivity contribution >= 4 is 11.6 Å². The number of guanidine groups is 1.